The fraction of sp³-hybridized carbons (Fsp3) is 0.211. The Kier molecular flexibility index (Phi) is 7.68. The van der Waals surface area contributed by atoms with Crippen molar-refractivity contribution in [2.45, 2.75) is 18.7 Å². The zero-order chi connectivity index (χ0) is 22.3. The van der Waals surface area contributed by atoms with Crippen molar-refractivity contribution in [3.63, 3.8) is 0 Å². The first-order valence-electron chi connectivity index (χ1n) is 8.63. The molecule has 2 rings (SSSR count). The molecule has 0 unspecified atom stereocenters. The lowest BCUT2D eigenvalue weighted by atomic mass is 10.2. The van der Waals surface area contributed by atoms with Gasteiger partial charge in [0.25, 0.3) is 15.9 Å². The highest BCUT2D eigenvalue weighted by atomic mass is 32.2. The van der Waals surface area contributed by atoms with Gasteiger partial charge >= 0.3 is 0 Å². The van der Waals surface area contributed by atoms with Gasteiger partial charge in [0.05, 0.1) is 15.6 Å². The fourth-order valence-electron chi connectivity index (χ4n) is 2.23. The molecule has 0 saturated heterocycles. The van der Waals surface area contributed by atoms with Crippen molar-refractivity contribution < 1.29 is 17.7 Å². The molecule has 1 aromatic heterocycles. The van der Waals surface area contributed by atoms with Crippen LogP contribution in [0.2, 0.25) is 0 Å². The molecule has 3 N–H and O–H groups in total. The number of hydrogen-bond donors (Lipinski definition) is 3. The van der Waals surface area contributed by atoms with E-state index in [0.29, 0.717) is 28.5 Å². The second-order valence-corrected chi connectivity index (χ2v) is 8.49. The Morgan fingerprint density at radius 1 is 1.33 bits per heavy atom. The van der Waals surface area contributed by atoms with Crippen molar-refractivity contribution in [2.24, 2.45) is 0 Å². The standard InChI is InChI=1S/C19H21N5O4S2/c1-5-10-21-19(29-4)16(11-20)17(25)22-14-6-8-15(9-7-14)30(26,27)24-18-12(2)13(3)23-28-18/h5-9,21,24H,1,10H2,2-4H3,(H,22,25)/b19-16+. The lowest BCUT2D eigenvalue weighted by Crippen LogP contribution is -2.20. The number of hydrogen-bond acceptors (Lipinski definition) is 8. The lowest BCUT2D eigenvalue weighted by Gasteiger charge is -2.11. The van der Waals surface area contributed by atoms with Crippen LogP contribution in [0.3, 0.4) is 0 Å². The van der Waals surface area contributed by atoms with Crippen LogP contribution in [0.25, 0.3) is 0 Å². The number of amides is 1. The highest BCUT2D eigenvalue weighted by Gasteiger charge is 2.20. The van der Waals surface area contributed by atoms with Gasteiger partial charge in [-0.15, -0.1) is 18.3 Å². The van der Waals surface area contributed by atoms with E-state index >= 15 is 0 Å². The predicted octanol–water partition coefficient (Wildman–Crippen LogP) is 2.90. The molecule has 0 bridgehead atoms. The van der Waals surface area contributed by atoms with Gasteiger partial charge in [-0.1, -0.05) is 11.2 Å². The molecule has 2 aromatic rings. The minimum absolute atomic E-state index is 0.0255. The Morgan fingerprint density at radius 2 is 2.00 bits per heavy atom. The smallest absolute Gasteiger partial charge is 0.269 e. The second-order valence-electron chi connectivity index (χ2n) is 6.00. The summed E-state index contributed by atoms with van der Waals surface area (Å²) < 4.78 is 32.4. The number of nitrogens with zero attached hydrogens (tertiary/aromatic N) is 2. The van der Waals surface area contributed by atoms with Gasteiger partial charge in [-0.05, 0) is 44.4 Å². The second kappa shape index (κ2) is 10.00. The number of aromatic nitrogens is 1. The molecular weight excluding hydrogens is 426 g/mol. The van der Waals surface area contributed by atoms with Crippen LogP contribution in [-0.2, 0) is 14.8 Å². The third kappa shape index (κ3) is 5.43. The molecule has 1 amide bonds. The molecule has 158 valence electrons. The van der Waals surface area contributed by atoms with Crippen LogP contribution in [0.1, 0.15) is 11.3 Å². The van der Waals surface area contributed by atoms with E-state index < -0.39 is 15.9 Å². The summed E-state index contributed by atoms with van der Waals surface area (Å²) in [6, 6.07) is 7.39. The van der Waals surface area contributed by atoms with E-state index in [-0.39, 0.29) is 16.4 Å². The van der Waals surface area contributed by atoms with E-state index in [4.69, 9.17) is 4.52 Å². The third-order valence-electron chi connectivity index (χ3n) is 3.98. The highest BCUT2D eigenvalue weighted by Crippen LogP contribution is 2.23. The average molecular weight is 448 g/mol. The Bertz CT molecular complexity index is 1110. The van der Waals surface area contributed by atoms with Crippen LogP contribution in [-0.4, -0.2) is 32.3 Å². The van der Waals surface area contributed by atoms with Crippen LogP contribution in [0.15, 0.2) is 56.9 Å². The number of carbonyl (C=O) groups is 1. The number of aryl methyl sites for hydroxylation is 1. The number of sulfonamides is 1. The zero-order valence-corrected chi connectivity index (χ0v) is 18.3. The van der Waals surface area contributed by atoms with Gasteiger partial charge in [0.15, 0.2) is 0 Å². The molecule has 0 spiro atoms. The number of nitriles is 1. The molecule has 1 heterocycles. The van der Waals surface area contributed by atoms with Crippen molar-refractivity contribution in [2.75, 3.05) is 22.8 Å². The highest BCUT2D eigenvalue weighted by molar-refractivity contribution is 8.02. The Hall–Kier alpha value is -3.23. The van der Waals surface area contributed by atoms with Gasteiger partial charge in [-0.2, -0.15) is 5.26 Å². The van der Waals surface area contributed by atoms with Gasteiger partial charge in [-0.25, -0.2) is 13.1 Å². The summed E-state index contributed by atoms with van der Waals surface area (Å²) in [4.78, 5) is 12.4. The first-order chi connectivity index (χ1) is 14.2. The van der Waals surface area contributed by atoms with E-state index in [1.807, 2.05) is 6.07 Å². The van der Waals surface area contributed by atoms with Crippen molar-refractivity contribution in [1.82, 2.24) is 10.5 Å². The summed E-state index contributed by atoms with van der Waals surface area (Å²) in [5.41, 5.74) is 1.42. The van der Waals surface area contributed by atoms with E-state index in [1.54, 1.807) is 26.2 Å². The summed E-state index contributed by atoms with van der Waals surface area (Å²) in [6.07, 6.45) is 3.35. The largest absolute Gasteiger partial charge is 0.375 e. The molecule has 0 radical (unpaired) electrons. The van der Waals surface area contributed by atoms with Crippen molar-refractivity contribution in [1.29, 1.82) is 5.26 Å². The topological polar surface area (TPSA) is 137 Å². The maximum absolute atomic E-state index is 12.5. The summed E-state index contributed by atoms with van der Waals surface area (Å²) in [6.45, 7) is 7.38. The molecular formula is C19H21N5O4S2. The van der Waals surface area contributed by atoms with Crippen LogP contribution in [0.5, 0.6) is 0 Å². The minimum atomic E-state index is -3.90. The lowest BCUT2D eigenvalue weighted by molar-refractivity contribution is -0.112. The Balaban J connectivity index is 2.18. The van der Waals surface area contributed by atoms with Crippen LogP contribution < -0.4 is 15.4 Å². The van der Waals surface area contributed by atoms with Crippen molar-refractivity contribution in [3.8, 4) is 6.07 Å². The first-order valence-corrected chi connectivity index (χ1v) is 11.3. The Labute approximate surface area is 179 Å². The van der Waals surface area contributed by atoms with Crippen LogP contribution in [0, 0.1) is 25.2 Å². The third-order valence-corrected chi connectivity index (χ3v) is 6.09. The number of nitrogens with one attached hydrogen (secondary N) is 3. The average Bonchev–Trinajstić information content (AvgIpc) is 3.03. The zero-order valence-electron chi connectivity index (χ0n) is 16.6. The normalized spacial score (nSPS) is 11.8. The maximum Gasteiger partial charge on any atom is 0.269 e. The monoisotopic (exact) mass is 447 g/mol. The minimum Gasteiger partial charge on any atom is -0.375 e. The van der Waals surface area contributed by atoms with E-state index in [2.05, 4.69) is 27.1 Å². The molecule has 11 heteroatoms. The molecule has 0 aliphatic rings. The maximum atomic E-state index is 12.5. The van der Waals surface area contributed by atoms with Gasteiger partial charge in [0, 0.05) is 17.8 Å². The fourth-order valence-corrected chi connectivity index (χ4v) is 3.85. The van der Waals surface area contributed by atoms with Crippen molar-refractivity contribution >= 4 is 39.3 Å². The number of carbonyl (C=O) groups excluding carboxylic acids is 1. The van der Waals surface area contributed by atoms with E-state index in [1.165, 1.54) is 36.0 Å². The summed E-state index contributed by atoms with van der Waals surface area (Å²) in [5.74, 6) is -0.565. The van der Waals surface area contributed by atoms with Crippen molar-refractivity contribution in [3.05, 3.63) is 58.8 Å². The SMILES string of the molecule is C=CCN/C(SC)=C(/C#N)C(=O)Nc1ccc(S(=O)(=O)Nc2onc(C)c2C)cc1. The van der Waals surface area contributed by atoms with Crippen LogP contribution in [0.4, 0.5) is 11.6 Å². The summed E-state index contributed by atoms with van der Waals surface area (Å²) in [5, 5.41) is 19.0. The van der Waals surface area contributed by atoms with Gasteiger partial charge in [0.1, 0.15) is 11.6 Å². The molecule has 30 heavy (non-hydrogen) atoms. The molecule has 0 saturated carbocycles. The quantitative estimate of drug-likeness (QED) is 0.303. The molecule has 0 fully saturated rings. The van der Waals surface area contributed by atoms with Gasteiger partial charge in [0.2, 0.25) is 5.88 Å². The number of benzene rings is 1. The van der Waals surface area contributed by atoms with E-state index in [9.17, 15) is 18.5 Å². The Morgan fingerprint density at radius 3 is 2.50 bits per heavy atom. The summed E-state index contributed by atoms with van der Waals surface area (Å²) in [7, 11) is -3.90. The van der Waals surface area contributed by atoms with Crippen LogP contribution >= 0.6 is 11.8 Å². The predicted molar refractivity (Wildman–Crippen MR) is 116 cm³/mol. The molecule has 1 aromatic carbocycles. The molecule has 0 aliphatic carbocycles. The molecule has 9 nitrogen and oxygen atoms in total. The molecule has 0 aliphatic heterocycles. The first kappa shape index (κ1) is 23.1. The van der Waals surface area contributed by atoms with E-state index in [0.717, 1.165) is 0 Å². The number of thioether (sulfide) groups is 1. The summed E-state index contributed by atoms with van der Waals surface area (Å²) >= 11 is 1.23. The van der Waals surface area contributed by atoms with Gasteiger partial charge < -0.3 is 15.2 Å². The number of anilines is 2. The van der Waals surface area contributed by atoms with Gasteiger partial charge in [-0.3, -0.25) is 4.79 Å². The number of rotatable bonds is 9. The molecule has 0 atom stereocenters.